The smallest absolute Gasteiger partial charge is 0.224 e. The van der Waals surface area contributed by atoms with Crippen molar-refractivity contribution in [3.63, 3.8) is 0 Å². The quantitative estimate of drug-likeness (QED) is 0.756. The highest BCUT2D eigenvalue weighted by atomic mass is 16.2. The summed E-state index contributed by atoms with van der Waals surface area (Å²) in [6.45, 7) is 4.99. The molecule has 1 heterocycles. The summed E-state index contributed by atoms with van der Waals surface area (Å²) in [7, 11) is 0. The maximum absolute atomic E-state index is 12.0. The van der Waals surface area contributed by atoms with Gasteiger partial charge in [0.1, 0.15) is 0 Å². The van der Waals surface area contributed by atoms with Crippen LogP contribution in [0.5, 0.6) is 0 Å². The molecule has 5 heteroatoms. The SMILES string of the molecule is CCCC(N)CC(=O)N1CCCC(NC(C)=O)C1. The first-order valence-corrected chi connectivity index (χ1v) is 6.83. The van der Waals surface area contributed by atoms with E-state index in [0.717, 1.165) is 32.2 Å². The third-order valence-electron chi connectivity index (χ3n) is 3.28. The van der Waals surface area contributed by atoms with E-state index in [1.165, 1.54) is 6.92 Å². The molecule has 0 radical (unpaired) electrons. The molecule has 0 aliphatic carbocycles. The van der Waals surface area contributed by atoms with Crippen molar-refractivity contribution in [2.45, 2.75) is 58.0 Å². The zero-order chi connectivity index (χ0) is 13.5. The molecular formula is C13H25N3O2. The predicted molar refractivity (Wildman–Crippen MR) is 70.9 cm³/mol. The molecule has 2 atom stereocenters. The lowest BCUT2D eigenvalue weighted by atomic mass is 10.0. The van der Waals surface area contributed by atoms with Crippen LogP contribution in [0.25, 0.3) is 0 Å². The van der Waals surface area contributed by atoms with Gasteiger partial charge in [-0.25, -0.2) is 0 Å². The molecule has 1 aliphatic heterocycles. The molecule has 3 N–H and O–H groups in total. The average molecular weight is 255 g/mol. The van der Waals surface area contributed by atoms with Crippen LogP contribution < -0.4 is 11.1 Å². The Morgan fingerprint density at radius 3 is 2.83 bits per heavy atom. The van der Waals surface area contributed by atoms with E-state index < -0.39 is 0 Å². The number of nitrogens with two attached hydrogens (primary N) is 1. The van der Waals surface area contributed by atoms with Gasteiger partial charge in [0.15, 0.2) is 0 Å². The number of hydrogen-bond acceptors (Lipinski definition) is 3. The highest BCUT2D eigenvalue weighted by molar-refractivity contribution is 5.77. The number of carbonyl (C=O) groups excluding carboxylic acids is 2. The first kappa shape index (κ1) is 15.0. The normalized spacial score (nSPS) is 21.5. The zero-order valence-corrected chi connectivity index (χ0v) is 11.4. The molecule has 0 saturated carbocycles. The van der Waals surface area contributed by atoms with Crippen molar-refractivity contribution >= 4 is 11.8 Å². The second-order valence-corrected chi connectivity index (χ2v) is 5.13. The van der Waals surface area contributed by atoms with E-state index in [2.05, 4.69) is 12.2 Å². The van der Waals surface area contributed by atoms with Crippen LogP contribution in [0.15, 0.2) is 0 Å². The van der Waals surface area contributed by atoms with Crippen molar-refractivity contribution in [3.05, 3.63) is 0 Å². The molecule has 0 spiro atoms. The molecule has 104 valence electrons. The first-order chi connectivity index (χ1) is 8.52. The summed E-state index contributed by atoms with van der Waals surface area (Å²) in [5.41, 5.74) is 5.89. The molecule has 0 aromatic rings. The first-order valence-electron chi connectivity index (χ1n) is 6.83. The molecular weight excluding hydrogens is 230 g/mol. The number of amides is 2. The lowest BCUT2D eigenvalue weighted by molar-refractivity contribution is -0.133. The van der Waals surface area contributed by atoms with Crippen molar-refractivity contribution in [1.82, 2.24) is 10.2 Å². The number of nitrogens with zero attached hydrogens (tertiary/aromatic N) is 1. The summed E-state index contributed by atoms with van der Waals surface area (Å²) in [6, 6.07) is 0.0613. The maximum Gasteiger partial charge on any atom is 0.224 e. The van der Waals surface area contributed by atoms with Gasteiger partial charge in [-0.15, -0.1) is 0 Å². The Morgan fingerprint density at radius 2 is 2.22 bits per heavy atom. The number of carbonyl (C=O) groups is 2. The lowest BCUT2D eigenvalue weighted by Gasteiger charge is -2.33. The van der Waals surface area contributed by atoms with E-state index >= 15 is 0 Å². The second kappa shape index (κ2) is 7.36. The molecule has 2 unspecified atom stereocenters. The molecule has 0 bridgehead atoms. The summed E-state index contributed by atoms with van der Waals surface area (Å²) in [6.07, 6.45) is 4.20. The number of nitrogens with one attached hydrogen (secondary N) is 1. The van der Waals surface area contributed by atoms with Gasteiger partial charge in [0.2, 0.25) is 11.8 Å². The molecule has 1 fully saturated rings. The van der Waals surface area contributed by atoms with Gasteiger partial charge in [-0.1, -0.05) is 13.3 Å². The number of piperidine rings is 1. The van der Waals surface area contributed by atoms with E-state index in [1.54, 1.807) is 0 Å². The topological polar surface area (TPSA) is 75.4 Å². The van der Waals surface area contributed by atoms with E-state index in [0.29, 0.717) is 13.0 Å². The summed E-state index contributed by atoms with van der Waals surface area (Å²) in [4.78, 5) is 24.9. The zero-order valence-electron chi connectivity index (χ0n) is 11.4. The Morgan fingerprint density at radius 1 is 1.50 bits per heavy atom. The van der Waals surface area contributed by atoms with Gasteiger partial charge < -0.3 is 16.0 Å². The number of hydrogen-bond donors (Lipinski definition) is 2. The van der Waals surface area contributed by atoms with Gasteiger partial charge in [-0.05, 0) is 19.3 Å². The molecule has 18 heavy (non-hydrogen) atoms. The molecule has 1 saturated heterocycles. The van der Waals surface area contributed by atoms with E-state index in [1.807, 2.05) is 4.90 Å². The predicted octanol–water partition coefficient (Wildman–Crippen LogP) is 0.631. The van der Waals surface area contributed by atoms with Gasteiger partial charge in [0, 0.05) is 38.5 Å². The van der Waals surface area contributed by atoms with Gasteiger partial charge in [-0.2, -0.15) is 0 Å². The van der Waals surface area contributed by atoms with Gasteiger partial charge in [0.25, 0.3) is 0 Å². The maximum atomic E-state index is 12.0. The van der Waals surface area contributed by atoms with Crippen molar-refractivity contribution in [2.75, 3.05) is 13.1 Å². The molecule has 0 aromatic carbocycles. The number of rotatable bonds is 5. The van der Waals surface area contributed by atoms with Crippen molar-refractivity contribution in [1.29, 1.82) is 0 Å². The molecule has 2 amide bonds. The number of likely N-dealkylation sites (tertiary alicyclic amines) is 1. The average Bonchev–Trinajstić information content (AvgIpc) is 2.28. The Balaban J connectivity index is 2.40. The second-order valence-electron chi connectivity index (χ2n) is 5.13. The third kappa shape index (κ3) is 5.04. The third-order valence-corrected chi connectivity index (χ3v) is 3.28. The minimum atomic E-state index is -0.0383. The largest absolute Gasteiger partial charge is 0.352 e. The van der Waals surface area contributed by atoms with Crippen LogP contribution in [0.4, 0.5) is 0 Å². The molecule has 1 rings (SSSR count). The highest BCUT2D eigenvalue weighted by Crippen LogP contribution is 2.12. The minimum Gasteiger partial charge on any atom is -0.352 e. The monoisotopic (exact) mass is 255 g/mol. The van der Waals surface area contributed by atoms with E-state index in [-0.39, 0.29) is 23.9 Å². The van der Waals surface area contributed by atoms with E-state index in [9.17, 15) is 9.59 Å². The van der Waals surface area contributed by atoms with Gasteiger partial charge >= 0.3 is 0 Å². The van der Waals surface area contributed by atoms with E-state index in [4.69, 9.17) is 5.73 Å². The van der Waals surface area contributed by atoms with Crippen LogP contribution in [0.2, 0.25) is 0 Å². The summed E-state index contributed by atoms with van der Waals surface area (Å²) in [5, 5.41) is 2.88. The van der Waals surface area contributed by atoms with Crippen LogP contribution in [-0.2, 0) is 9.59 Å². The van der Waals surface area contributed by atoms with Gasteiger partial charge in [-0.3, -0.25) is 9.59 Å². The Hall–Kier alpha value is -1.10. The van der Waals surface area contributed by atoms with Crippen LogP contribution in [-0.4, -0.2) is 41.9 Å². The summed E-state index contributed by atoms with van der Waals surface area (Å²) >= 11 is 0. The summed E-state index contributed by atoms with van der Waals surface area (Å²) < 4.78 is 0. The van der Waals surface area contributed by atoms with Gasteiger partial charge in [0.05, 0.1) is 0 Å². The molecule has 0 aromatic heterocycles. The fourth-order valence-electron chi connectivity index (χ4n) is 2.44. The summed E-state index contributed by atoms with van der Waals surface area (Å²) in [5.74, 6) is 0.0861. The highest BCUT2D eigenvalue weighted by Gasteiger charge is 2.24. The standard InChI is InChI=1S/C13H25N3O2/c1-3-5-11(14)8-13(18)16-7-4-6-12(9-16)15-10(2)17/h11-12H,3-9,14H2,1-2H3,(H,15,17). The van der Waals surface area contributed by atoms with Crippen molar-refractivity contribution < 1.29 is 9.59 Å². The fraction of sp³-hybridized carbons (Fsp3) is 0.846. The van der Waals surface area contributed by atoms with Crippen LogP contribution in [0.1, 0.15) is 46.0 Å². The Kier molecular flexibility index (Phi) is 6.12. The van der Waals surface area contributed by atoms with Crippen LogP contribution in [0, 0.1) is 0 Å². The fourth-order valence-corrected chi connectivity index (χ4v) is 2.44. The van der Waals surface area contributed by atoms with Crippen LogP contribution in [0.3, 0.4) is 0 Å². The Bertz CT molecular complexity index is 294. The molecule has 1 aliphatic rings. The van der Waals surface area contributed by atoms with Crippen LogP contribution >= 0.6 is 0 Å². The van der Waals surface area contributed by atoms with Crippen molar-refractivity contribution in [3.8, 4) is 0 Å². The van der Waals surface area contributed by atoms with Crippen molar-refractivity contribution in [2.24, 2.45) is 5.73 Å². The lowest BCUT2D eigenvalue weighted by Crippen LogP contribution is -2.50. The Labute approximate surface area is 109 Å². The molecule has 5 nitrogen and oxygen atoms in total. The minimum absolute atomic E-state index is 0.0306.